The Morgan fingerprint density at radius 1 is 1.31 bits per heavy atom. The Balaban J connectivity index is 1.76. The summed E-state index contributed by atoms with van der Waals surface area (Å²) in [6, 6.07) is 0.355. The van der Waals surface area contributed by atoms with E-state index in [9.17, 15) is 4.79 Å². The van der Waals surface area contributed by atoms with Gasteiger partial charge in [0.2, 0.25) is 0 Å². The molecule has 1 saturated carbocycles. The number of hydrogen-bond donors (Lipinski definition) is 2. The molecular weight excluding hydrogens is 204 g/mol. The summed E-state index contributed by atoms with van der Waals surface area (Å²) in [5.74, 6) is 0. The van der Waals surface area contributed by atoms with Gasteiger partial charge in [-0.3, -0.25) is 0 Å². The van der Waals surface area contributed by atoms with Crippen LogP contribution >= 0.6 is 0 Å². The van der Waals surface area contributed by atoms with Gasteiger partial charge in [-0.15, -0.1) is 0 Å². The first kappa shape index (κ1) is 11.7. The normalized spacial score (nSPS) is 31.3. The Morgan fingerprint density at radius 2 is 2.06 bits per heavy atom. The molecule has 0 radical (unpaired) electrons. The average molecular weight is 226 g/mol. The van der Waals surface area contributed by atoms with Crippen molar-refractivity contribution >= 4 is 6.03 Å². The van der Waals surface area contributed by atoms with Crippen molar-refractivity contribution in [1.82, 2.24) is 10.6 Å². The average Bonchev–Trinajstić information content (AvgIpc) is 2.70. The molecule has 1 unspecified atom stereocenters. The van der Waals surface area contributed by atoms with E-state index in [1.807, 2.05) is 0 Å². The lowest BCUT2D eigenvalue weighted by Gasteiger charge is -2.34. The Labute approximate surface area is 97.1 Å². The van der Waals surface area contributed by atoms with Crippen LogP contribution in [-0.4, -0.2) is 30.8 Å². The maximum absolute atomic E-state index is 11.8. The highest BCUT2D eigenvalue weighted by molar-refractivity contribution is 5.75. The standard InChI is InChI=1S/C12H22N2O2/c1-12(7-4-8-16-9-12)14-11(15)13-10-5-2-3-6-10/h10H,2-9H2,1H3,(H2,13,14,15). The molecule has 1 saturated heterocycles. The van der Waals surface area contributed by atoms with Gasteiger partial charge in [-0.2, -0.15) is 0 Å². The van der Waals surface area contributed by atoms with E-state index in [0.717, 1.165) is 32.3 Å². The molecule has 4 heteroatoms. The van der Waals surface area contributed by atoms with Crippen molar-refractivity contribution in [3.63, 3.8) is 0 Å². The highest BCUT2D eigenvalue weighted by Crippen LogP contribution is 2.19. The molecule has 1 aliphatic carbocycles. The molecule has 2 amide bonds. The van der Waals surface area contributed by atoms with Crippen LogP contribution in [0.2, 0.25) is 0 Å². The van der Waals surface area contributed by atoms with Gasteiger partial charge in [-0.1, -0.05) is 12.8 Å². The van der Waals surface area contributed by atoms with Crippen LogP contribution in [0.25, 0.3) is 0 Å². The van der Waals surface area contributed by atoms with E-state index in [4.69, 9.17) is 4.74 Å². The molecule has 2 rings (SSSR count). The molecule has 2 N–H and O–H groups in total. The van der Waals surface area contributed by atoms with Gasteiger partial charge in [0.15, 0.2) is 0 Å². The maximum Gasteiger partial charge on any atom is 0.315 e. The number of carbonyl (C=O) groups excluding carboxylic acids is 1. The summed E-state index contributed by atoms with van der Waals surface area (Å²) in [4.78, 5) is 11.8. The van der Waals surface area contributed by atoms with E-state index < -0.39 is 0 Å². The summed E-state index contributed by atoms with van der Waals surface area (Å²) in [5, 5.41) is 6.09. The van der Waals surface area contributed by atoms with Crippen molar-refractivity contribution in [3.8, 4) is 0 Å². The van der Waals surface area contributed by atoms with Crippen LogP contribution in [0.3, 0.4) is 0 Å². The van der Waals surface area contributed by atoms with Crippen LogP contribution in [0.5, 0.6) is 0 Å². The zero-order chi connectivity index (χ0) is 11.4. The Bertz CT molecular complexity index is 243. The van der Waals surface area contributed by atoms with Crippen molar-refractivity contribution < 1.29 is 9.53 Å². The van der Waals surface area contributed by atoms with E-state index in [0.29, 0.717) is 12.6 Å². The lowest BCUT2D eigenvalue weighted by Crippen LogP contribution is -2.55. The minimum Gasteiger partial charge on any atom is -0.379 e. The second-order valence-electron chi connectivity index (χ2n) is 5.30. The first-order chi connectivity index (χ1) is 7.68. The highest BCUT2D eigenvalue weighted by atomic mass is 16.5. The van der Waals surface area contributed by atoms with E-state index in [1.54, 1.807) is 0 Å². The number of rotatable bonds is 2. The fourth-order valence-electron chi connectivity index (χ4n) is 2.60. The van der Waals surface area contributed by atoms with Crippen LogP contribution < -0.4 is 10.6 Å². The third-order valence-electron chi connectivity index (χ3n) is 3.54. The summed E-state index contributed by atoms with van der Waals surface area (Å²) in [5.41, 5.74) is -0.180. The predicted molar refractivity (Wildman–Crippen MR) is 62.4 cm³/mol. The van der Waals surface area contributed by atoms with Crippen LogP contribution in [0.1, 0.15) is 45.4 Å². The first-order valence-corrected chi connectivity index (χ1v) is 6.34. The third kappa shape index (κ3) is 3.11. The number of ether oxygens (including phenoxy) is 1. The first-order valence-electron chi connectivity index (χ1n) is 6.34. The van der Waals surface area contributed by atoms with Gasteiger partial charge in [0, 0.05) is 12.6 Å². The molecule has 4 nitrogen and oxygen atoms in total. The molecule has 1 aliphatic heterocycles. The van der Waals surface area contributed by atoms with Crippen molar-refractivity contribution in [2.24, 2.45) is 0 Å². The summed E-state index contributed by atoms with van der Waals surface area (Å²) < 4.78 is 5.41. The molecule has 16 heavy (non-hydrogen) atoms. The molecule has 1 atom stereocenters. The topological polar surface area (TPSA) is 50.4 Å². The lowest BCUT2D eigenvalue weighted by molar-refractivity contribution is 0.0332. The summed E-state index contributed by atoms with van der Waals surface area (Å²) in [6.45, 7) is 3.51. The summed E-state index contributed by atoms with van der Waals surface area (Å²) in [7, 11) is 0. The fourth-order valence-corrected chi connectivity index (χ4v) is 2.60. The quantitative estimate of drug-likeness (QED) is 0.754. The van der Waals surface area contributed by atoms with Crippen LogP contribution in [0.15, 0.2) is 0 Å². The number of urea groups is 1. The van der Waals surface area contributed by atoms with Crippen molar-refractivity contribution in [2.75, 3.05) is 13.2 Å². The van der Waals surface area contributed by atoms with Crippen molar-refractivity contribution in [3.05, 3.63) is 0 Å². The number of amides is 2. The SMILES string of the molecule is CC1(NC(=O)NC2CCCC2)CCCOC1. The lowest BCUT2D eigenvalue weighted by atomic mass is 9.95. The van der Waals surface area contributed by atoms with Crippen molar-refractivity contribution in [1.29, 1.82) is 0 Å². The highest BCUT2D eigenvalue weighted by Gasteiger charge is 2.30. The minimum absolute atomic E-state index is 0.0279. The van der Waals surface area contributed by atoms with Gasteiger partial charge in [-0.05, 0) is 32.6 Å². The number of carbonyl (C=O) groups is 1. The third-order valence-corrected chi connectivity index (χ3v) is 3.54. The van der Waals surface area contributed by atoms with Crippen LogP contribution in [0, 0.1) is 0 Å². The van der Waals surface area contributed by atoms with E-state index in [2.05, 4.69) is 17.6 Å². The molecule has 2 aliphatic rings. The second-order valence-corrected chi connectivity index (χ2v) is 5.30. The van der Waals surface area contributed by atoms with Gasteiger partial charge in [-0.25, -0.2) is 4.79 Å². The second kappa shape index (κ2) is 5.04. The molecule has 0 aromatic heterocycles. The molecule has 0 aromatic carbocycles. The molecular formula is C12H22N2O2. The van der Waals surface area contributed by atoms with Crippen molar-refractivity contribution in [2.45, 2.75) is 57.0 Å². The van der Waals surface area contributed by atoms with Gasteiger partial charge in [0.25, 0.3) is 0 Å². The smallest absolute Gasteiger partial charge is 0.315 e. The molecule has 0 aromatic rings. The summed E-state index contributed by atoms with van der Waals surface area (Å²) >= 11 is 0. The Kier molecular flexibility index (Phi) is 3.69. The van der Waals surface area contributed by atoms with Gasteiger partial charge < -0.3 is 15.4 Å². The fraction of sp³-hybridized carbons (Fsp3) is 0.917. The van der Waals surface area contributed by atoms with Crippen LogP contribution in [-0.2, 0) is 4.74 Å². The molecule has 0 spiro atoms. The van der Waals surface area contributed by atoms with E-state index in [-0.39, 0.29) is 11.6 Å². The molecule has 1 heterocycles. The zero-order valence-corrected chi connectivity index (χ0v) is 10.1. The molecule has 92 valence electrons. The molecule has 0 bridgehead atoms. The monoisotopic (exact) mass is 226 g/mol. The molecule has 2 fully saturated rings. The van der Waals surface area contributed by atoms with Gasteiger partial charge in [0.1, 0.15) is 0 Å². The van der Waals surface area contributed by atoms with E-state index >= 15 is 0 Å². The zero-order valence-electron chi connectivity index (χ0n) is 10.1. The van der Waals surface area contributed by atoms with Gasteiger partial charge in [0.05, 0.1) is 12.1 Å². The van der Waals surface area contributed by atoms with Crippen LogP contribution in [0.4, 0.5) is 4.79 Å². The minimum atomic E-state index is -0.180. The summed E-state index contributed by atoms with van der Waals surface area (Å²) in [6.07, 6.45) is 6.77. The largest absolute Gasteiger partial charge is 0.379 e. The van der Waals surface area contributed by atoms with Gasteiger partial charge >= 0.3 is 6.03 Å². The predicted octanol–water partition coefficient (Wildman–Crippen LogP) is 1.80. The Hall–Kier alpha value is -0.770. The van der Waals surface area contributed by atoms with E-state index in [1.165, 1.54) is 12.8 Å². The maximum atomic E-state index is 11.8. The number of nitrogens with one attached hydrogen (secondary N) is 2. The number of hydrogen-bond acceptors (Lipinski definition) is 2. The Morgan fingerprint density at radius 3 is 2.69 bits per heavy atom.